The van der Waals surface area contributed by atoms with Crippen LogP contribution in [0.15, 0.2) is 47.1 Å². The molecule has 2 aliphatic heterocycles. The fourth-order valence-electron chi connectivity index (χ4n) is 3.95. The van der Waals surface area contributed by atoms with Gasteiger partial charge in [-0.05, 0) is 56.3 Å². The Labute approximate surface area is 185 Å². The maximum absolute atomic E-state index is 12.9. The zero-order valence-corrected chi connectivity index (χ0v) is 18.6. The number of amides is 2. The van der Waals surface area contributed by atoms with Crippen LogP contribution in [0.2, 0.25) is 0 Å². The predicted octanol–water partition coefficient (Wildman–Crippen LogP) is 2.84. The first-order chi connectivity index (χ1) is 14.5. The summed E-state index contributed by atoms with van der Waals surface area (Å²) in [5.74, 6) is 0.657. The molecule has 0 radical (unpaired) electrons. The van der Waals surface area contributed by atoms with E-state index in [9.17, 15) is 9.59 Å². The van der Waals surface area contributed by atoms with Crippen LogP contribution >= 0.6 is 15.9 Å². The number of anilines is 2. The summed E-state index contributed by atoms with van der Waals surface area (Å²) in [5, 5.41) is 2.94. The van der Waals surface area contributed by atoms with Crippen molar-refractivity contribution in [3.05, 3.63) is 52.6 Å². The van der Waals surface area contributed by atoms with E-state index in [1.165, 1.54) is 0 Å². The van der Waals surface area contributed by atoms with E-state index in [0.29, 0.717) is 24.2 Å². The molecule has 2 aliphatic rings. The molecule has 1 N–H and O–H groups in total. The van der Waals surface area contributed by atoms with E-state index in [-0.39, 0.29) is 11.8 Å². The smallest absolute Gasteiger partial charge is 0.254 e. The molecule has 3 heterocycles. The molecule has 8 heteroatoms. The number of hydrogen-bond donors (Lipinski definition) is 1. The van der Waals surface area contributed by atoms with E-state index >= 15 is 0 Å². The molecular weight excluding hydrogens is 446 g/mol. The van der Waals surface area contributed by atoms with Gasteiger partial charge in [-0.3, -0.25) is 9.59 Å². The molecule has 2 fully saturated rings. The van der Waals surface area contributed by atoms with Crippen LogP contribution in [0.5, 0.6) is 0 Å². The Morgan fingerprint density at radius 2 is 1.77 bits per heavy atom. The van der Waals surface area contributed by atoms with E-state index in [1.54, 1.807) is 23.2 Å². The van der Waals surface area contributed by atoms with Crippen molar-refractivity contribution in [1.29, 1.82) is 0 Å². The average Bonchev–Trinajstić information content (AvgIpc) is 3.25. The van der Waals surface area contributed by atoms with Gasteiger partial charge in [0.15, 0.2) is 0 Å². The maximum Gasteiger partial charge on any atom is 0.254 e. The van der Waals surface area contributed by atoms with Crippen molar-refractivity contribution >= 4 is 39.2 Å². The Morgan fingerprint density at radius 1 is 1.03 bits per heavy atom. The van der Waals surface area contributed by atoms with Crippen LogP contribution in [-0.2, 0) is 4.79 Å². The van der Waals surface area contributed by atoms with Gasteiger partial charge < -0.3 is 20.0 Å². The molecule has 2 saturated heterocycles. The van der Waals surface area contributed by atoms with Crippen LogP contribution in [0.3, 0.4) is 0 Å². The lowest BCUT2D eigenvalue weighted by atomic mass is 10.1. The molecule has 0 aliphatic carbocycles. The third-order valence-corrected chi connectivity index (χ3v) is 6.28. The highest BCUT2D eigenvalue weighted by atomic mass is 79.9. The standard InChI is InChI=1S/C22H26BrN5O2/c1-26-11-13-27(14-12-26)20-9-8-18(15-24-20)25-21(29)19-3-2-10-28(19)22(30)16-4-6-17(23)7-5-16/h4-9,15,19H,2-3,10-14H2,1H3,(H,25,29). The van der Waals surface area contributed by atoms with Gasteiger partial charge in [0.05, 0.1) is 11.9 Å². The fraction of sp³-hybridized carbons (Fsp3) is 0.409. The average molecular weight is 472 g/mol. The number of pyridine rings is 1. The van der Waals surface area contributed by atoms with E-state index in [0.717, 1.165) is 42.9 Å². The summed E-state index contributed by atoms with van der Waals surface area (Å²) in [7, 11) is 2.12. The van der Waals surface area contributed by atoms with E-state index in [1.807, 2.05) is 24.3 Å². The fourth-order valence-corrected chi connectivity index (χ4v) is 4.21. The lowest BCUT2D eigenvalue weighted by Crippen LogP contribution is -2.44. The number of hydrogen-bond acceptors (Lipinski definition) is 5. The first-order valence-corrected chi connectivity index (χ1v) is 11.1. The highest BCUT2D eigenvalue weighted by molar-refractivity contribution is 9.10. The monoisotopic (exact) mass is 471 g/mol. The Bertz CT molecular complexity index is 895. The van der Waals surface area contributed by atoms with Crippen molar-refractivity contribution in [3.8, 4) is 0 Å². The number of carbonyl (C=O) groups is 2. The number of likely N-dealkylation sites (tertiary alicyclic amines) is 1. The second-order valence-corrected chi connectivity index (χ2v) is 8.76. The number of rotatable bonds is 4. The Kier molecular flexibility index (Phi) is 6.34. The summed E-state index contributed by atoms with van der Waals surface area (Å²) in [6.07, 6.45) is 3.18. The van der Waals surface area contributed by atoms with Crippen LogP contribution in [0, 0.1) is 0 Å². The summed E-state index contributed by atoms with van der Waals surface area (Å²) in [6.45, 7) is 4.52. The third kappa shape index (κ3) is 4.65. The van der Waals surface area contributed by atoms with Crippen LogP contribution < -0.4 is 10.2 Å². The van der Waals surface area contributed by atoms with Crippen LogP contribution in [-0.4, -0.2) is 72.4 Å². The lowest BCUT2D eigenvalue weighted by molar-refractivity contribution is -0.119. The maximum atomic E-state index is 12.9. The molecule has 2 amide bonds. The molecule has 1 unspecified atom stereocenters. The van der Waals surface area contributed by atoms with Gasteiger partial charge in [0.1, 0.15) is 11.9 Å². The van der Waals surface area contributed by atoms with E-state index in [4.69, 9.17) is 0 Å². The summed E-state index contributed by atoms with van der Waals surface area (Å²) >= 11 is 3.38. The number of benzene rings is 1. The Balaban J connectivity index is 1.39. The summed E-state index contributed by atoms with van der Waals surface area (Å²) in [5.41, 5.74) is 1.25. The summed E-state index contributed by atoms with van der Waals surface area (Å²) in [4.78, 5) is 36.5. The quantitative estimate of drug-likeness (QED) is 0.742. The first kappa shape index (κ1) is 20.8. The van der Waals surface area contributed by atoms with Gasteiger partial charge in [-0.2, -0.15) is 0 Å². The number of piperazine rings is 1. The van der Waals surface area contributed by atoms with Gasteiger partial charge in [0, 0.05) is 42.8 Å². The van der Waals surface area contributed by atoms with Gasteiger partial charge in [-0.1, -0.05) is 15.9 Å². The number of likely N-dealkylation sites (N-methyl/N-ethyl adjacent to an activating group) is 1. The van der Waals surface area contributed by atoms with Crippen molar-refractivity contribution < 1.29 is 9.59 Å². The number of aromatic nitrogens is 1. The lowest BCUT2D eigenvalue weighted by Gasteiger charge is -2.33. The summed E-state index contributed by atoms with van der Waals surface area (Å²) < 4.78 is 0.919. The molecule has 30 heavy (non-hydrogen) atoms. The highest BCUT2D eigenvalue weighted by Crippen LogP contribution is 2.23. The van der Waals surface area contributed by atoms with E-state index in [2.05, 4.69) is 43.1 Å². The minimum absolute atomic E-state index is 0.108. The molecular formula is C22H26BrN5O2. The normalized spacial score (nSPS) is 19.7. The molecule has 0 saturated carbocycles. The SMILES string of the molecule is CN1CCN(c2ccc(NC(=O)C3CCCN3C(=O)c3ccc(Br)cc3)cn2)CC1. The van der Waals surface area contributed by atoms with Crippen LogP contribution in [0.25, 0.3) is 0 Å². The van der Waals surface area contributed by atoms with Crippen molar-refractivity contribution in [1.82, 2.24) is 14.8 Å². The molecule has 4 rings (SSSR count). The van der Waals surface area contributed by atoms with Crippen molar-refractivity contribution in [2.75, 3.05) is 50.0 Å². The molecule has 7 nitrogen and oxygen atoms in total. The Hall–Kier alpha value is -2.45. The molecule has 1 aromatic carbocycles. The zero-order chi connectivity index (χ0) is 21.1. The van der Waals surface area contributed by atoms with Gasteiger partial charge in [0.25, 0.3) is 5.91 Å². The zero-order valence-electron chi connectivity index (χ0n) is 17.1. The Morgan fingerprint density at radius 3 is 2.43 bits per heavy atom. The first-order valence-electron chi connectivity index (χ1n) is 10.3. The highest BCUT2D eigenvalue weighted by Gasteiger charge is 2.34. The van der Waals surface area contributed by atoms with Crippen molar-refractivity contribution in [3.63, 3.8) is 0 Å². The van der Waals surface area contributed by atoms with Gasteiger partial charge in [-0.25, -0.2) is 4.98 Å². The van der Waals surface area contributed by atoms with Gasteiger partial charge in [0.2, 0.25) is 5.91 Å². The van der Waals surface area contributed by atoms with Crippen molar-refractivity contribution in [2.45, 2.75) is 18.9 Å². The van der Waals surface area contributed by atoms with Gasteiger partial charge >= 0.3 is 0 Å². The second-order valence-electron chi connectivity index (χ2n) is 7.85. The molecule has 0 spiro atoms. The molecule has 0 bridgehead atoms. The van der Waals surface area contributed by atoms with E-state index < -0.39 is 6.04 Å². The molecule has 158 valence electrons. The summed E-state index contributed by atoms with van der Waals surface area (Å²) in [6, 6.07) is 10.6. The molecule has 2 aromatic rings. The van der Waals surface area contributed by atoms with Crippen LogP contribution in [0.1, 0.15) is 23.2 Å². The number of nitrogens with zero attached hydrogens (tertiary/aromatic N) is 4. The molecule has 1 atom stereocenters. The second kappa shape index (κ2) is 9.14. The topological polar surface area (TPSA) is 68.8 Å². The minimum Gasteiger partial charge on any atom is -0.354 e. The molecule has 1 aromatic heterocycles. The number of nitrogens with one attached hydrogen (secondary N) is 1. The van der Waals surface area contributed by atoms with Crippen LogP contribution in [0.4, 0.5) is 11.5 Å². The van der Waals surface area contributed by atoms with Gasteiger partial charge in [-0.15, -0.1) is 0 Å². The third-order valence-electron chi connectivity index (χ3n) is 5.75. The minimum atomic E-state index is -0.460. The predicted molar refractivity (Wildman–Crippen MR) is 121 cm³/mol. The van der Waals surface area contributed by atoms with Crippen molar-refractivity contribution in [2.24, 2.45) is 0 Å². The largest absolute Gasteiger partial charge is 0.354 e. The number of carbonyl (C=O) groups excluding carboxylic acids is 2. The number of halogens is 1.